The van der Waals surface area contributed by atoms with Crippen LogP contribution < -0.4 is 16.4 Å². The molecular weight excluding hydrogens is 382 g/mol. The Bertz CT molecular complexity index is 927. The highest BCUT2D eigenvalue weighted by atomic mass is 16.1. The zero-order valence-corrected chi connectivity index (χ0v) is 18.1. The molecule has 4 saturated carbocycles. The summed E-state index contributed by atoms with van der Waals surface area (Å²) < 4.78 is 0. The number of nitrogens with two attached hydrogens (primary N) is 1. The highest BCUT2D eigenvalue weighted by Gasteiger charge is 2.50. The van der Waals surface area contributed by atoms with Crippen molar-refractivity contribution in [1.29, 1.82) is 0 Å². The lowest BCUT2D eigenvalue weighted by atomic mass is 9.49. The van der Waals surface area contributed by atoms with Gasteiger partial charge in [0.1, 0.15) is 0 Å². The summed E-state index contributed by atoms with van der Waals surface area (Å²) in [7, 11) is 0. The smallest absolute Gasteiger partial charge is 0.248 e. The molecule has 2 aromatic rings. The van der Waals surface area contributed by atoms with Gasteiger partial charge in [-0.2, -0.15) is 0 Å². The molecule has 0 radical (unpaired) electrons. The molecule has 6 rings (SSSR count). The van der Waals surface area contributed by atoms with E-state index in [9.17, 15) is 4.79 Å². The molecule has 4 fully saturated rings. The van der Waals surface area contributed by atoms with Crippen molar-refractivity contribution < 1.29 is 4.79 Å². The molecule has 4 bridgehead atoms. The second-order valence-corrected chi connectivity index (χ2v) is 10.2. The third kappa shape index (κ3) is 4.69. The Kier molecular flexibility index (Phi) is 5.58. The molecule has 0 aliphatic heterocycles. The van der Waals surface area contributed by atoms with Crippen LogP contribution in [0.25, 0.3) is 6.08 Å². The molecule has 0 saturated heterocycles. The van der Waals surface area contributed by atoms with Crippen LogP contribution in [0, 0.1) is 23.2 Å². The Balaban J connectivity index is 1.11. The minimum Gasteiger partial charge on any atom is -0.397 e. The molecule has 0 heterocycles. The molecule has 162 valence electrons. The molecular formula is C27H33N3O. The lowest BCUT2D eigenvalue weighted by Gasteiger charge is -2.57. The quantitative estimate of drug-likeness (QED) is 0.429. The standard InChI is InChI=1S/C27H33N3O/c28-24-3-1-2-4-25(24)30-26(31)10-9-19-5-7-20(8-6-19)17-29-18-27-14-21-11-22(15-27)13-23(12-21)16-27/h1-10,21-23,29H,11-18,28H2,(H,30,31)/b10-9+. The maximum Gasteiger partial charge on any atom is 0.248 e. The zero-order valence-electron chi connectivity index (χ0n) is 18.1. The first kappa shape index (κ1) is 20.3. The fraction of sp³-hybridized carbons (Fsp3) is 0.444. The van der Waals surface area contributed by atoms with Gasteiger partial charge in [-0.3, -0.25) is 4.79 Å². The number of benzene rings is 2. The fourth-order valence-corrected chi connectivity index (χ4v) is 6.68. The molecule has 31 heavy (non-hydrogen) atoms. The van der Waals surface area contributed by atoms with Crippen LogP contribution in [-0.4, -0.2) is 12.5 Å². The van der Waals surface area contributed by atoms with Crippen molar-refractivity contribution >= 4 is 23.4 Å². The number of para-hydroxylation sites is 2. The third-order valence-electron chi connectivity index (χ3n) is 7.62. The van der Waals surface area contributed by atoms with E-state index >= 15 is 0 Å². The Morgan fingerprint density at radius 2 is 1.61 bits per heavy atom. The van der Waals surface area contributed by atoms with Gasteiger partial charge >= 0.3 is 0 Å². The van der Waals surface area contributed by atoms with E-state index in [2.05, 4.69) is 34.9 Å². The summed E-state index contributed by atoms with van der Waals surface area (Å²) in [6, 6.07) is 15.7. The summed E-state index contributed by atoms with van der Waals surface area (Å²) in [4.78, 5) is 12.1. The van der Waals surface area contributed by atoms with Gasteiger partial charge < -0.3 is 16.4 Å². The van der Waals surface area contributed by atoms with E-state index in [-0.39, 0.29) is 5.91 Å². The molecule has 0 aromatic heterocycles. The van der Waals surface area contributed by atoms with Crippen LogP contribution in [0.3, 0.4) is 0 Å². The van der Waals surface area contributed by atoms with Crippen LogP contribution in [0.15, 0.2) is 54.6 Å². The number of amides is 1. The van der Waals surface area contributed by atoms with Gasteiger partial charge in [-0.1, -0.05) is 36.4 Å². The first-order valence-electron chi connectivity index (χ1n) is 11.7. The summed E-state index contributed by atoms with van der Waals surface area (Å²) in [5.41, 5.74) is 9.96. The molecule has 4 heteroatoms. The topological polar surface area (TPSA) is 67.1 Å². The van der Waals surface area contributed by atoms with Crippen molar-refractivity contribution in [2.45, 2.75) is 45.1 Å². The van der Waals surface area contributed by atoms with Gasteiger partial charge in [-0.05, 0) is 91.0 Å². The third-order valence-corrected chi connectivity index (χ3v) is 7.62. The van der Waals surface area contributed by atoms with Crippen molar-refractivity contribution in [3.63, 3.8) is 0 Å². The monoisotopic (exact) mass is 415 g/mol. The van der Waals surface area contributed by atoms with E-state index in [1.165, 1.54) is 50.6 Å². The number of nitrogens with one attached hydrogen (secondary N) is 2. The van der Waals surface area contributed by atoms with Gasteiger partial charge in [0.15, 0.2) is 0 Å². The van der Waals surface area contributed by atoms with Crippen LogP contribution in [0.4, 0.5) is 11.4 Å². The van der Waals surface area contributed by atoms with Crippen LogP contribution >= 0.6 is 0 Å². The maximum absolute atomic E-state index is 12.1. The molecule has 0 spiro atoms. The number of anilines is 2. The van der Waals surface area contributed by atoms with Crippen molar-refractivity contribution in [2.75, 3.05) is 17.6 Å². The summed E-state index contributed by atoms with van der Waals surface area (Å²) in [6.45, 7) is 2.08. The molecule has 0 atom stereocenters. The van der Waals surface area contributed by atoms with Gasteiger partial charge in [0.2, 0.25) is 5.91 Å². The largest absolute Gasteiger partial charge is 0.397 e. The van der Waals surface area contributed by atoms with Gasteiger partial charge in [0.05, 0.1) is 11.4 Å². The van der Waals surface area contributed by atoms with Gasteiger partial charge in [-0.15, -0.1) is 0 Å². The van der Waals surface area contributed by atoms with E-state index < -0.39 is 0 Å². The lowest BCUT2D eigenvalue weighted by molar-refractivity contribution is -0.111. The second kappa shape index (κ2) is 8.51. The van der Waals surface area contributed by atoms with Crippen LogP contribution in [0.2, 0.25) is 0 Å². The molecule has 1 amide bonds. The number of carbonyl (C=O) groups is 1. The van der Waals surface area contributed by atoms with Gasteiger partial charge in [-0.25, -0.2) is 0 Å². The average Bonchev–Trinajstić information content (AvgIpc) is 2.74. The molecule has 4 N–H and O–H groups in total. The molecule has 4 aliphatic rings. The molecule has 4 aliphatic carbocycles. The van der Waals surface area contributed by atoms with Crippen molar-refractivity contribution in [3.8, 4) is 0 Å². The second-order valence-electron chi connectivity index (χ2n) is 10.2. The predicted molar refractivity (Wildman–Crippen MR) is 127 cm³/mol. The highest BCUT2D eigenvalue weighted by Crippen LogP contribution is 2.59. The van der Waals surface area contributed by atoms with Crippen LogP contribution in [0.5, 0.6) is 0 Å². The lowest BCUT2D eigenvalue weighted by Crippen LogP contribution is -2.50. The minimum absolute atomic E-state index is 0.181. The number of carbonyl (C=O) groups excluding carboxylic acids is 1. The Morgan fingerprint density at radius 3 is 2.26 bits per heavy atom. The normalized spacial score (nSPS) is 28.8. The highest BCUT2D eigenvalue weighted by molar-refractivity contribution is 6.03. The maximum atomic E-state index is 12.1. The summed E-state index contributed by atoms with van der Waals surface area (Å²) >= 11 is 0. The molecule has 0 unspecified atom stereocenters. The average molecular weight is 416 g/mol. The Labute approximate surface area is 185 Å². The number of hydrogen-bond donors (Lipinski definition) is 3. The number of rotatable bonds is 7. The summed E-state index contributed by atoms with van der Waals surface area (Å²) in [6.07, 6.45) is 12.3. The van der Waals surface area contributed by atoms with Crippen molar-refractivity contribution in [2.24, 2.45) is 23.2 Å². The van der Waals surface area contributed by atoms with Crippen molar-refractivity contribution in [3.05, 3.63) is 65.7 Å². The number of hydrogen-bond acceptors (Lipinski definition) is 3. The fourth-order valence-electron chi connectivity index (χ4n) is 6.68. The Morgan fingerprint density at radius 1 is 0.968 bits per heavy atom. The van der Waals surface area contributed by atoms with E-state index in [0.717, 1.165) is 29.9 Å². The summed E-state index contributed by atoms with van der Waals surface area (Å²) in [5.74, 6) is 2.85. The Hall–Kier alpha value is -2.59. The van der Waals surface area contributed by atoms with Crippen molar-refractivity contribution in [1.82, 2.24) is 5.32 Å². The van der Waals surface area contributed by atoms with E-state index in [0.29, 0.717) is 16.8 Å². The zero-order chi connectivity index (χ0) is 21.3. The van der Waals surface area contributed by atoms with Crippen LogP contribution in [-0.2, 0) is 11.3 Å². The molecule has 4 nitrogen and oxygen atoms in total. The van der Waals surface area contributed by atoms with Gasteiger partial charge in [0, 0.05) is 19.2 Å². The SMILES string of the molecule is Nc1ccccc1NC(=O)/C=C/c1ccc(CNCC23CC4CC(CC(C4)C2)C3)cc1. The first-order valence-corrected chi connectivity index (χ1v) is 11.7. The predicted octanol–water partition coefficient (Wildman–Crippen LogP) is 5.23. The van der Waals surface area contributed by atoms with E-state index in [1.807, 2.05) is 18.2 Å². The first-order chi connectivity index (χ1) is 15.1. The summed E-state index contributed by atoms with van der Waals surface area (Å²) in [5, 5.41) is 6.58. The number of nitrogen functional groups attached to an aromatic ring is 1. The van der Waals surface area contributed by atoms with Gasteiger partial charge in [0.25, 0.3) is 0 Å². The van der Waals surface area contributed by atoms with Crippen LogP contribution in [0.1, 0.15) is 49.7 Å². The molecule has 2 aromatic carbocycles. The van der Waals surface area contributed by atoms with E-state index in [4.69, 9.17) is 5.73 Å². The minimum atomic E-state index is -0.181. The van der Waals surface area contributed by atoms with E-state index in [1.54, 1.807) is 18.2 Å².